The lowest BCUT2D eigenvalue weighted by Gasteiger charge is -2.31. The number of piperidine rings is 1. The van der Waals surface area contributed by atoms with Crippen LogP contribution in [0.5, 0.6) is 5.75 Å². The second kappa shape index (κ2) is 8.03. The quantitative estimate of drug-likeness (QED) is 0.892. The van der Waals surface area contributed by atoms with E-state index in [0.29, 0.717) is 19.5 Å². The van der Waals surface area contributed by atoms with E-state index in [2.05, 4.69) is 10.1 Å². The molecule has 5 nitrogen and oxygen atoms in total. The Hall–Kier alpha value is -2.25. The molecule has 1 aliphatic heterocycles. The van der Waals surface area contributed by atoms with Gasteiger partial charge in [-0.1, -0.05) is 0 Å². The molecule has 132 valence electrons. The molecule has 1 aromatic rings. The largest absolute Gasteiger partial charge is 0.434 e. The lowest BCUT2D eigenvalue weighted by molar-refractivity contribution is -0.134. The van der Waals surface area contributed by atoms with Crippen LogP contribution in [-0.4, -0.2) is 36.4 Å². The van der Waals surface area contributed by atoms with Crippen LogP contribution in [0, 0.1) is 11.7 Å². The summed E-state index contributed by atoms with van der Waals surface area (Å²) in [6.45, 7) is -0.775. The van der Waals surface area contributed by atoms with Crippen molar-refractivity contribution in [2.45, 2.75) is 32.9 Å². The van der Waals surface area contributed by atoms with E-state index in [1.807, 2.05) is 0 Å². The first-order valence-electron chi connectivity index (χ1n) is 7.63. The molecule has 0 radical (unpaired) electrons. The highest BCUT2D eigenvalue weighted by atomic mass is 19.3. The fourth-order valence-corrected chi connectivity index (χ4v) is 2.70. The van der Waals surface area contributed by atoms with E-state index in [1.165, 1.54) is 6.92 Å². The van der Waals surface area contributed by atoms with E-state index in [-0.39, 0.29) is 35.6 Å². The van der Waals surface area contributed by atoms with Crippen LogP contribution >= 0.6 is 0 Å². The van der Waals surface area contributed by atoms with Crippen molar-refractivity contribution in [1.29, 1.82) is 0 Å². The van der Waals surface area contributed by atoms with E-state index in [1.54, 1.807) is 4.90 Å². The minimum absolute atomic E-state index is 0.0924. The Bertz CT molecular complexity index is 610. The number of nitrogens with one attached hydrogen (secondary N) is 1. The molecule has 0 aliphatic carbocycles. The minimum Gasteiger partial charge on any atom is -0.434 e. The van der Waals surface area contributed by atoms with Crippen LogP contribution in [0.3, 0.4) is 0 Å². The van der Waals surface area contributed by atoms with E-state index >= 15 is 0 Å². The van der Waals surface area contributed by atoms with Gasteiger partial charge in [0.1, 0.15) is 11.6 Å². The summed E-state index contributed by atoms with van der Waals surface area (Å²) < 4.78 is 42.4. The number of amides is 2. The summed E-state index contributed by atoms with van der Waals surface area (Å²) in [5.41, 5.74) is 0.128. The van der Waals surface area contributed by atoms with Gasteiger partial charge >= 0.3 is 6.61 Å². The fraction of sp³-hybridized carbons (Fsp3) is 0.500. The first kappa shape index (κ1) is 18.1. The van der Waals surface area contributed by atoms with Crippen molar-refractivity contribution >= 4 is 11.8 Å². The van der Waals surface area contributed by atoms with Crippen LogP contribution in [0.4, 0.5) is 13.2 Å². The highest BCUT2D eigenvalue weighted by molar-refractivity contribution is 5.80. The van der Waals surface area contributed by atoms with E-state index in [0.717, 1.165) is 24.6 Å². The molecule has 1 heterocycles. The topological polar surface area (TPSA) is 58.6 Å². The number of likely N-dealkylation sites (tertiary alicyclic amines) is 1. The highest BCUT2D eigenvalue weighted by Crippen LogP contribution is 2.22. The Kier molecular flexibility index (Phi) is 6.05. The van der Waals surface area contributed by atoms with Gasteiger partial charge in [-0.05, 0) is 31.0 Å². The number of halogens is 3. The predicted octanol–water partition coefficient (Wildman–Crippen LogP) is 2.30. The number of nitrogens with zero attached hydrogens (tertiary/aromatic N) is 1. The molecule has 1 saturated heterocycles. The van der Waals surface area contributed by atoms with E-state index in [9.17, 15) is 22.8 Å². The Morgan fingerprint density at radius 3 is 2.83 bits per heavy atom. The molecular weight excluding hydrogens is 325 g/mol. The molecule has 0 spiro atoms. The van der Waals surface area contributed by atoms with Gasteiger partial charge in [-0.3, -0.25) is 9.59 Å². The molecule has 1 aliphatic rings. The van der Waals surface area contributed by atoms with Crippen molar-refractivity contribution in [3.63, 3.8) is 0 Å². The van der Waals surface area contributed by atoms with Gasteiger partial charge in [0.2, 0.25) is 11.8 Å². The molecule has 1 aromatic carbocycles. The smallest absolute Gasteiger partial charge is 0.387 e. The molecule has 0 bridgehead atoms. The number of rotatable bonds is 5. The molecule has 24 heavy (non-hydrogen) atoms. The molecule has 1 fully saturated rings. The average molecular weight is 344 g/mol. The molecular formula is C16H19F3N2O3. The zero-order valence-electron chi connectivity index (χ0n) is 13.2. The number of hydrogen-bond donors (Lipinski definition) is 1. The first-order chi connectivity index (χ1) is 11.4. The second-order valence-electron chi connectivity index (χ2n) is 5.65. The lowest BCUT2D eigenvalue weighted by atomic mass is 9.97. The Labute approximate surface area is 137 Å². The van der Waals surface area contributed by atoms with Gasteiger partial charge in [0.25, 0.3) is 0 Å². The predicted molar refractivity (Wildman–Crippen MR) is 79.9 cm³/mol. The van der Waals surface area contributed by atoms with Gasteiger partial charge in [0, 0.05) is 32.1 Å². The normalized spacial score (nSPS) is 17.7. The number of carbonyl (C=O) groups excluding carboxylic acids is 2. The van der Waals surface area contributed by atoms with Crippen LogP contribution in [-0.2, 0) is 16.1 Å². The van der Waals surface area contributed by atoms with Gasteiger partial charge in [-0.15, -0.1) is 0 Å². The van der Waals surface area contributed by atoms with Crippen molar-refractivity contribution in [2.75, 3.05) is 13.1 Å². The molecule has 1 atom stereocenters. The summed E-state index contributed by atoms with van der Waals surface area (Å²) in [5, 5.41) is 2.60. The van der Waals surface area contributed by atoms with Gasteiger partial charge in [0.15, 0.2) is 0 Å². The molecule has 0 aromatic heterocycles. The van der Waals surface area contributed by atoms with Crippen molar-refractivity contribution < 1.29 is 27.5 Å². The van der Waals surface area contributed by atoms with E-state index < -0.39 is 12.4 Å². The number of carbonyl (C=O) groups is 2. The van der Waals surface area contributed by atoms with Crippen molar-refractivity contribution in [3.8, 4) is 5.75 Å². The van der Waals surface area contributed by atoms with Crippen LogP contribution in [0.2, 0.25) is 0 Å². The monoisotopic (exact) mass is 344 g/mol. The van der Waals surface area contributed by atoms with Crippen LogP contribution in [0.25, 0.3) is 0 Å². The third-order valence-electron chi connectivity index (χ3n) is 3.93. The number of benzene rings is 1. The highest BCUT2D eigenvalue weighted by Gasteiger charge is 2.27. The first-order valence-corrected chi connectivity index (χ1v) is 7.63. The van der Waals surface area contributed by atoms with Gasteiger partial charge in [0.05, 0.1) is 5.92 Å². The summed E-state index contributed by atoms with van der Waals surface area (Å²) in [6.07, 6.45) is 1.36. The molecule has 8 heteroatoms. The molecule has 1 N–H and O–H groups in total. The molecule has 0 saturated carbocycles. The van der Waals surface area contributed by atoms with Gasteiger partial charge in [-0.2, -0.15) is 8.78 Å². The number of hydrogen-bond acceptors (Lipinski definition) is 3. The van der Waals surface area contributed by atoms with Gasteiger partial charge < -0.3 is 15.0 Å². The van der Waals surface area contributed by atoms with Gasteiger partial charge in [-0.25, -0.2) is 4.39 Å². The summed E-state index contributed by atoms with van der Waals surface area (Å²) in [6, 6.07) is 3.15. The van der Waals surface area contributed by atoms with Crippen LogP contribution in [0.15, 0.2) is 18.2 Å². The van der Waals surface area contributed by atoms with Crippen molar-refractivity contribution in [2.24, 2.45) is 5.92 Å². The Morgan fingerprint density at radius 2 is 2.17 bits per heavy atom. The molecule has 2 amide bonds. The SMILES string of the molecule is CC(=O)N1CCCC(C(=O)NCc2cc(F)ccc2OC(F)F)C1. The molecule has 1 unspecified atom stereocenters. The summed E-state index contributed by atoms with van der Waals surface area (Å²) in [7, 11) is 0. The number of ether oxygens (including phenoxy) is 1. The second-order valence-corrected chi connectivity index (χ2v) is 5.65. The van der Waals surface area contributed by atoms with Crippen LogP contribution < -0.4 is 10.1 Å². The lowest BCUT2D eigenvalue weighted by Crippen LogP contribution is -2.44. The van der Waals surface area contributed by atoms with Crippen molar-refractivity contribution in [3.05, 3.63) is 29.6 Å². The standard InChI is InChI=1S/C16H19F3N2O3/c1-10(22)21-6-2-3-11(9-21)15(23)20-8-12-7-13(17)4-5-14(12)24-16(18)19/h4-5,7,11,16H,2-3,6,8-9H2,1H3,(H,20,23). The Morgan fingerprint density at radius 1 is 1.42 bits per heavy atom. The minimum atomic E-state index is -3.03. The number of alkyl halides is 2. The van der Waals surface area contributed by atoms with Crippen LogP contribution in [0.1, 0.15) is 25.3 Å². The molecule has 2 rings (SSSR count). The maximum atomic E-state index is 13.3. The summed E-state index contributed by atoms with van der Waals surface area (Å²) >= 11 is 0. The maximum Gasteiger partial charge on any atom is 0.387 e. The summed E-state index contributed by atoms with van der Waals surface area (Å²) in [4.78, 5) is 25.2. The zero-order chi connectivity index (χ0) is 17.7. The maximum absolute atomic E-state index is 13.3. The summed E-state index contributed by atoms with van der Waals surface area (Å²) in [5.74, 6) is -1.55. The average Bonchev–Trinajstić information content (AvgIpc) is 2.54. The Balaban J connectivity index is 1.98. The van der Waals surface area contributed by atoms with E-state index in [4.69, 9.17) is 0 Å². The fourth-order valence-electron chi connectivity index (χ4n) is 2.70. The third kappa shape index (κ3) is 4.87. The third-order valence-corrected chi connectivity index (χ3v) is 3.93. The van der Waals surface area contributed by atoms with Crippen molar-refractivity contribution in [1.82, 2.24) is 10.2 Å². The zero-order valence-corrected chi connectivity index (χ0v) is 13.2.